The predicted octanol–water partition coefficient (Wildman–Crippen LogP) is 1.16. The monoisotopic (exact) mass is 166 g/mol. The van der Waals surface area contributed by atoms with Gasteiger partial charge in [-0.1, -0.05) is 12.1 Å². The number of rotatable bonds is 0. The molecule has 11 heavy (non-hydrogen) atoms. The Morgan fingerprint density at radius 3 is 3.00 bits per heavy atom. The van der Waals surface area contributed by atoms with Gasteiger partial charge in [0.05, 0.1) is 10.6 Å². The van der Waals surface area contributed by atoms with Gasteiger partial charge in [0.25, 0.3) is 0 Å². The summed E-state index contributed by atoms with van der Waals surface area (Å²) in [7, 11) is -1.21. The average molecular weight is 166 g/mol. The molecule has 0 amide bonds. The fourth-order valence-electron chi connectivity index (χ4n) is 0.939. The van der Waals surface area contributed by atoms with Gasteiger partial charge in [0.15, 0.2) is 11.0 Å². The number of nitrogens with zero attached hydrogens (tertiary/aromatic N) is 1. The smallest absolute Gasteiger partial charge is 0.176 e. The summed E-state index contributed by atoms with van der Waals surface area (Å²) in [5.74, 6) is 0. The summed E-state index contributed by atoms with van der Waals surface area (Å²) in [6, 6.07) is 7.41. The fraction of sp³-hybridized carbons (Fsp3) is 0. The second-order valence-corrected chi connectivity index (χ2v) is 3.27. The van der Waals surface area contributed by atoms with Crippen molar-refractivity contribution in [1.29, 1.82) is 0 Å². The molecule has 2 rings (SSSR count). The maximum atomic E-state index is 11.2. The van der Waals surface area contributed by atoms with E-state index in [0.717, 1.165) is 10.6 Å². The van der Waals surface area contributed by atoms with Gasteiger partial charge in [-0.15, -0.1) is 0 Å². The Bertz CT molecular complexity index is 335. The SMILES string of the molecule is O=S1N=CNc2ccccc21. The van der Waals surface area contributed by atoms with Gasteiger partial charge in [-0.05, 0) is 12.1 Å². The Hall–Kier alpha value is -1.16. The first kappa shape index (κ1) is 6.54. The summed E-state index contributed by atoms with van der Waals surface area (Å²) in [4.78, 5) is 0.745. The van der Waals surface area contributed by atoms with Gasteiger partial charge in [-0.2, -0.15) is 4.40 Å². The Morgan fingerprint density at radius 1 is 1.36 bits per heavy atom. The van der Waals surface area contributed by atoms with Crippen molar-refractivity contribution in [2.45, 2.75) is 4.90 Å². The van der Waals surface area contributed by atoms with Crippen LogP contribution in [0, 0.1) is 0 Å². The number of nitrogens with one attached hydrogen (secondary N) is 1. The number of fused-ring (bicyclic) bond motifs is 1. The van der Waals surface area contributed by atoms with Crippen molar-refractivity contribution in [2.24, 2.45) is 4.40 Å². The number of hydrogen-bond acceptors (Lipinski definition) is 2. The lowest BCUT2D eigenvalue weighted by molar-refractivity contribution is 0.684. The van der Waals surface area contributed by atoms with Crippen LogP contribution in [0.2, 0.25) is 0 Å². The van der Waals surface area contributed by atoms with Crippen molar-refractivity contribution in [1.82, 2.24) is 0 Å². The molecule has 1 aromatic rings. The molecule has 0 fully saturated rings. The summed E-state index contributed by atoms with van der Waals surface area (Å²) in [6.45, 7) is 0. The van der Waals surface area contributed by atoms with Crippen molar-refractivity contribution in [3.63, 3.8) is 0 Å². The molecule has 0 spiro atoms. The average Bonchev–Trinajstić information content (AvgIpc) is 2.06. The predicted molar refractivity (Wildman–Crippen MR) is 45.0 cm³/mol. The fourth-order valence-corrected chi connectivity index (χ4v) is 1.71. The van der Waals surface area contributed by atoms with Gasteiger partial charge in [0.2, 0.25) is 0 Å². The highest BCUT2D eigenvalue weighted by molar-refractivity contribution is 7.84. The van der Waals surface area contributed by atoms with Crippen molar-refractivity contribution < 1.29 is 4.21 Å². The lowest BCUT2D eigenvalue weighted by atomic mass is 10.3. The van der Waals surface area contributed by atoms with Crippen LogP contribution in [0.3, 0.4) is 0 Å². The van der Waals surface area contributed by atoms with Crippen LogP contribution < -0.4 is 5.32 Å². The molecule has 0 radical (unpaired) electrons. The van der Waals surface area contributed by atoms with Crippen LogP contribution in [0.4, 0.5) is 5.69 Å². The largest absolute Gasteiger partial charge is 0.345 e. The zero-order valence-electron chi connectivity index (χ0n) is 5.65. The number of anilines is 1. The van der Waals surface area contributed by atoms with Crippen molar-refractivity contribution in [3.05, 3.63) is 24.3 Å². The highest BCUT2D eigenvalue weighted by Crippen LogP contribution is 2.21. The summed E-state index contributed by atoms with van der Waals surface area (Å²) < 4.78 is 14.9. The number of para-hydroxylation sites is 1. The molecule has 3 nitrogen and oxygen atoms in total. The molecule has 56 valence electrons. The Kier molecular flexibility index (Phi) is 1.47. The maximum Gasteiger partial charge on any atom is 0.176 e. The molecule has 4 heteroatoms. The maximum absolute atomic E-state index is 11.2. The van der Waals surface area contributed by atoms with E-state index in [1.807, 2.05) is 18.2 Å². The molecule has 0 bridgehead atoms. The third-order valence-corrected chi connectivity index (χ3v) is 2.47. The lowest BCUT2D eigenvalue weighted by Crippen LogP contribution is -2.06. The van der Waals surface area contributed by atoms with Gasteiger partial charge in [0.1, 0.15) is 6.34 Å². The molecule has 0 saturated heterocycles. The minimum absolute atomic E-state index is 0.745. The van der Waals surface area contributed by atoms with E-state index in [2.05, 4.69) is 9.71 Å². The Labute approximate surface area is 66.7 Å². The molecular formula is C7H6N2OS. The molecule has 1 aromatic carbocycles. The second-order valence-electron chi connectivity index (χ2n) is 2.12. The highest BCUT2D eigenvalue weighted by Gasteiger charge is 2.09. The first-order chi connectivity index (χ1) is 5.38. The second kappa shape index (κ2) is 2.47. The zero-order valence-corrected chi connectivity index (χ0v) is 6.47. The van der Waals surface area contributed by atoms with E-state index in [4.69, 9.17) is 0 Å². The van der Waals surface area contributed by atoms with Gasteiger partial charge >= 0.3 is 0 Å². The minimum atomic E-state index is -1.21. The first-order valence-electron chi connectivity index (χ1n) is 3.18. The van der Waals surface area contributed by atoms with E-state index in [1.54, 1.807) is 6.07 Å². The molecule has 1 unspecified atom stereocenters. The van der Waals surface area contributed by atoms with E-state index in [-0.39, 0.29) is 0 Å². The summed E-state index contributed by atoms with van der Waals surface area (Å²) >= 11 is 0. The van der Waals surface area contributed by atoms with Crippen LogP contribution in [0.25, 0.3) is 0 Å². The quantitative estimate of drug-likeness (QED) is 0.628. The standard InChI is InChI=1S/C7H6N2OS/c10-11-7-4-2-1-3-6(7)8-5-9-11/h1-5H,(H,8,9). The van der Waals surface area contributed by atoms with Crippen molar-refractivity contribution >= 4 is 23.0 Å². The van der Waals surface area contributed by atoms with Gasteiger partial charge in [-0.3, -0.25) is 0 Å². The molecule has 0 aliphatic carbocycles. The van der Waals surface area contributed by atoms with E-state index < -0.39 is 11.0 Å². The van der Waals surface area contributed by atoms with Gasteiger partial charge in [-0.25, -0.2) is 4.21 Å². The van der Waals surface area contributed by atoms with E-state index in [0.29, 0.717) is 0 Å². The summed E-state index contributed by atoms with van der Waals surface area (Å²) in [5.41, 5.74) is 0.876. The van der Waals surface area contributed by atoms with Crippen molar-refractivity contribution in [3.8, 4) is 0 Å². The molecule has 1 aliphatic rings. The third-order valence-electron chi connectivity index (χ3n) is 1.44. The van der Waals surface area contributed by atoms with Crippen LogP contribution >= 0.6 is 0 Å². The molecule has 1 aliphatic heterocycles. The van der Waals surface area contributed by atoms with Gasteiger partial charge in [0, 0.05) is 0 Å². The lowest BCUT2D eigenvalue weighted by Gasteiger charge is -2.09. The Balaban J connectivity index is 2.59. The van der Waals surface area contributed by atoms with E-state index in [1.165, 1.54) is 6.34 Å². The highest BCUT2D eigenvalue weighted by atomic mass is 32.2. The molecule has 1 N–H and O–H groups in total. The van der Waals surface area contributed by atoms with Gasteiger partial charge < -0.3 is 5.32 Å². The molecule has 1 heterocycles. The molecule has 0 saturated carbocycles. The van der Waals surface area contributed by atoms with Crippen molar-refractivity contribution in [2.75, 3.05) is 5.32 Å². The summed E-state index contributed by atoms with van der Waals surface area (Å²) in [6.07, 6.45) is 1.46. The molecule has 1 atom stereocenters. The van der Waals surface area contributed by atoms with E-state index in [9.17, 15) is 4.21 Å². The normalized spacial score (nSPS) is 20.5. The summed E-state index contributed by atoms with van der Waals surface area (Å²) in [5, 5.41) is 2.91. The first-order valence-corrected chi connectivity index (χ1v) is 4.28. The van der Waals surface area contributed by atoms with Crippen LogP contribution in [0.15, 0.2) is 33.6 Å². The minimum Gasteiger partial charge on any atom is -0.345 e. The molecular weight excluding hydrogens is 160 g/mol. The third kappa shape index (κ3) is 1.05. The van der Waals surface area contributed by atoms with E-state index >= 15 is 0 Å². The number of benzene rings is 1. The number of hydrogen-bond donors (Lipinski definition) is 1. The topological polar surface area (TPSA) is 41.5 Å². The van der Waals surface area contributed by atoms with Crippen LogP contribution in [0.1, 0.15) is 0 Å². The molecule has 0 aromatic heterocycles. The van der Waals surface area contributed by atoms with Crippen LogP contribution in [-0.4, -0.2) is 10.5 Å². The zero-order chi connectivity index (χ0) is 7.68. The van der Waals surface area contributed by atoms with Crippen LogP contribution in [-0.2, 0) is 11.0 Å². The van der Waals surface area contributed by atoms with Crippen LogP contribution in [0.5, 0.6) is 0 Å². The Morgan fingerprint density at radius 2 is 2.18 bits per heavy atom.